The SMILES string of the molecule is CCNc1cc([N+](=O)[O-])ccc1S(=O)(=O)NCCCOC. The summed E-state index contributed by atoms with van der Waals surface area (Å²) in [5, 5.41) is 13.6. The molecule has 1 rings (SSSR count). The second-order valence-electron chi connectivity index (χ2n) is 4.21. The Kier molecular flexibility index (Phi) is 6.53. The van der Waals surface area contributed by atoms with E-state index in [1.807, 2.05) is 0 Å². The third-order valence-electron chi connectivity index (χ3n) is 2.65. The summed E-state index contributed by atoms with van der Waals surface area (Å²) in [5.41, 5.74) is 0.0511. The maximum Gasteiger partial charge on any atom is 0.271 e. The van der Waals surface area contributed by atoms with Crippen LogP contribution >= 0.6 is 0 Å². The molecule has 0 aliphatic rings. The van der Waals surface area contributed by atoms with Crippen molar-refractivity contribution < 1.29 is 18.1 Å². The highest BCUT2D eigenvalue weighted by Crippen LogP contribution is 2.26. The van der Waals surface area contributed by atoms with Gasteiger partial charge in [0, 0.05) is 38.9 Å². The van der Waals surface area contributed by atoms with Gasteiger partial charge in [-0.3, -0.25) is 10.1 Å². The molecule has 0 bridgehead atoms. The summed E-state index contributed by atoms with van der Waals surface area (Å²) in [6, 6.07) is 3.62. The Morgan fingerprint density at radius 3 is 2.67 bits per heavy atom. The molecule has 0 amide bonds. The first-order valence-electron chi connectivity index (χ1n) is 6.43. The highest BCUT2D eigenvalue weighted by molar-refractivity contribution is 7.89. The zero-order chi connectivity index (χ0) is 15.9. The van der Waals surface area contributed by atoms with Gasteiger partial charge in [0.15, 0.2) is 0 Å². The zero-order valence-electron chi connectivity index (χ0n) is 12.0. The normalized spacial score (nSPS) is 11.3. The van der Waals surface area contributed by atoms with Crippen molar-refractivity contribution in [1.82, 2.24) is 4.72 Å². The molecule has 0 unspecified atom stereocenters. The Morgan fingerprint density at radius 1 is 1.38 bits per heavy atom. The van der Waals surface area contributed by atoms with Crippen LogP contribution in [0.15, 0.2) is 23.1 Å². The summed E-state index contributed by atoms with van der Waals surface area (Å²) in [6.07, 6.45) is 0.541. The molecule has 0 aromatic heterocycles. The lowest BCUT2D eigenvalue weighted by Crippen LogP contribution is -2.26. The Bertz CT molecular complexity index is 589. The van der Waals surface area contributed by atoms with Crippen LogP contribution in [-0.4, -0.2) is 40.1 Å². The summed E-state index contributed by atoms with van der Waals surface area (Å²) in [7, 11) is -2.19. The Morgan fingerprint density at radius 2 is 2.10 bits per heavy atom. The highest BCUT2D eigenvalue weighted by Gasteiger charge is 2.20. The third kappa shape index (κ3) is 4.96. The predicted molar refractivity (Wildman–Crippen MR) is 78.9 cm³/mol. The fourth-order valence-corrected chi connectivity index (χ4v) is 2.93. The quantitative estimate of drug-likeness (QED) is 0.404. The lowest BCUT2D eigenvalue weighted by molar-refractivity contribution is -0.384. The van der Waals surface area contributed by atoms with Crippen molar-refractivity contribution in [3.63, 3.8) is 0 Å². The summed E-state index contributed by atoms with van der Waals surface area (Å²) in [5.74, 6) is 0. The van der Waals surface area contributed by atoms with E-state index in [0.29, 0.717) is 19.6 Å². The fourth-order valence-electron chi connectivity index (χ4n) is 1.70. The van der Waals surface area contributed by atoms with Crippen LogP contribution < -0.4 is 10.0 Å². The highest BCUT2D eigenvalue weighted by atomic mass is 32.2. The van der Waals surface area contributed by atoms with E-state index >= 15 is 0 Å². The van der Waals surface area contributed by atoms with Crippen LogP contribution in [0.3, 0.4) is 0 Å². The number of hydrogen-bond acceptors (Lipinski definition) is 6. The largest absolute Gasteiger partial charge is 0.385 e. The average Bonchev–Trinajstić information content (AvgIpc) is 2.43. The van der Waals surface area contributed by atoms with Crippen molar-refractivity contribution in [3.05, 3.63) is 28.3 Å². The second-order valence-corrected chi connectivity index (χ2v) is 5.95. The monoisotopic (exact) mass is 317 g/mol. The van der Waals surface area contributed by atoms with Gasteiger partial charge in [0.2, 0.25) is 10.0 Å². The number of ether oxygens (including phenoxy) is 1. The first-order chi connectivity index (χ1) is 9.92. The van der Waals surface area contributed by atoms with E-state index in [-0.39, 0.29) is 22.8 Å². The second kappa shape index (κ2) is 7.91. The molecule has 9 heteroatoms. The van der Waals surface area contributed by atoms with E-state index in [4.69, 9.17) is 4.74 Å². The minimum atomic E-state index is -3.73. The average molecular weight is 317 g/mol. The molecular weight excluding hydrogens is 298 g/mol. The number of rotatable bonds is 9. The third-order valence-corrected chi connectivity index (χ3v) is 4.17. The molecule has 0 heterocycles. The molecule has 118 valence electrons. The summed E-state index contributed by atoms with van der Waals surface area (Å²) >= 11 is 0. The van der Waals surface area contributed by atoms with Gasteiger partial charge >= 0.3 is 0 Å². The molecule has 0 aliphatic carbocycles. The van der Waals surface area contributed by atoms with Crippen LogP contribution in [0.5, 0.6) is 0 Å². The van der Waals surface area contributed by atoms with Crippen molar-refractivity contribution in [2.75, 3.05) is 32.1 Å². The molecule has 1 aromatic carbocycles. The number of hydrogen-bond donors (Lipinski definition) is 2. The van der Waals surface area contributed by atoms with Gasteiger partial charge in [-0.1, -0.05) is 0 Å². The van der Waals surface area contributed by atoms with Crippen LogP contribution in [0.1, 0.15) is 13.3 Å². The van der Waals surface area contributed by atoms with E-state index in [9.17, 15) is 18.5 Å². The first-order valence-corrected chi connectivity index (χ1v) is 7.91. The maximum absolute atomic E-state index is 12.2. The number of anilines is 1. The first kappa shape index (κ1) is 17.3. The number of benzene rings is 1. The van der Waals surface area contributed by atoms with Gasteiger partial charge in [-0.25, -0.2) is 13.1 Å². The molecule has 1 aromatic rings. The number of methoxy groups -OCH3 is 1. The van der Waals surface area contributed by atoms with Crippen LogP contribution in [0, 0.1) is 10.1 Å². The smallest absolute Gasteiger partial charge is 0.271 e. The number of sulfonamides is 1. The standard InChI is InChI=1S/C12H19N3O5S/c1-3-13-11-9-10(15(16)17)5-6-12(11)21(18,19)14-7-4-8-20-2/h5-6,9,13-14H,3-4,7-8H2,1-2H3. The number of non-ortho nitro benzene ring substituents is 1. The van der Waals surface area contributed by atoms with Gasteiger partial charge < -0.3 is 10.1 Å². The van der Waals surface area contributed by atoms with E-state index in [0.717, 1.165) is 0 Å². The van der Waals surface area contributed by atoms with Crippen molar-refractivity contribution in [2.24, 2.45) is 0 Å². The summed E-state index contributed by atoms with van der Waals surface area (Å²) < 4.78 is 31.7. The van der Waals surface area contributed by atoms with Gasteiger partial charge in [0.05, 0.1) is 10.6 Å². The molecule has 0 spiro atoms. The van der Waals surface area contributed by atoms with Crippen LogP contribution in [0.4, 0.5) is 11.4 Å². The summed E-state index contributed by atoms with van der Waals surface area (Å²) in [6.45, 7) is 2.91. The van der Waals surface area contributed by atoms with Gasteiger partial charge in [0.25, 0.3) is 5.69 Å². The number of nitrogens with zero attached hydrogens (tertiary/aromatic N) is 1. The van der Waals surface area contributed by atoms with E-state index in [2.05, 4.69) is 10.0 Å². The minimum absolute atomic E-state index is 0.00707. The van der Waals surface area contributed by atoms with E-state index in [1.54, 1.807) is 6.92 Å². The molecule has 8 nitrogen and oxygen atoms in total. The Hall–Kier alpha value is -1.71. The lowest BCUT2D eigenvalue weighted by atomic mass is 10.3. The summed E-state index contributed by atoms with van der Waals surface area (Å²) in [4.78, 5) is 10.2. The van der Waals surface area contributed by atoms with Gasteiger partial charge in [-0.15, -0.1) is 0 Å². The molecule has 0 fully saturated rings. The van der Waals surface area contributed by atoms with Crippen LogP contribution in [-0.2, 0) is 14.8 Å². The number of nitrogens with one attached hydrogen (secondary N) is 2. The molecule has 0 saturated carbocycles. The van der Waals surface area contributed by atoms with E-state index in [1.165, 1.54) is 25.3 Å². The molecule has 0 saturated heterocycles. The fraction of sp³-hybridized carbons (Fsp3) is 0.500. The van der Waals surface area contributed by atoms with Gasteiger partial charge in [-0.05, 0) is 19.4 Å². The Balaban J connectivity index is 3.01. The van der Waals surface area contributed by atoms with Crippen molar-refractivity contribution in [3.8, 4) is 0 Å². The molecule has 0 aliphatic heterocycles. The van der Waals surface area contributed by atoms with E-state index < -0.39 is 14.9 Å². The van der Waals surface area contributed by atoms with Gasteiger partial charge in [-0.2, -0.15) is 0 Å². The molecule has 2 N–H and O–H groups in total. The maximum atomic E-state index is 12.2. The lowest BCUT2D eigenvalue weighted by Gasteiger charge is -2.12. The van der Waals surface area contributed by atoms with Crippen LogP contribution in [0.2, 0.25) is 0 Å². The van der Waals surface area contributed by atoms with Crippen LogP contribution in [0.25, 0.3) is 0 Å². The zero-order valence-corrected chi connectivity index (χ0v) is 12.8. The van der Waals surface area contributed by atoms with Crippen molar-refractivity contribution in [2.45, 2.75) is 18.2 Å². The molecule has 0 atom stereocenters. The topological polar surface area (TPSA) is 111 Å². The molecule has 0 radical (unpaired) electrons. The molecular formula is C12H19N3O5S. The molecule has 21 heavy (non-hydrogen) atoms. The van der Waals surface area contributed by atoms with Gasteiger partial charge in [0.1, 0.15) is 4.90 Å². The Labute approximate surface area is 123 Å². The van der Waals surface area contributed by atoms with Crippen molar-refractivity contribution >= 4 is 21.4 Å². The number of nitro groups is 1. The minimum Gasteiger partial charge on any atom is -0.385 e. The number of nitro benzene ring substituents is 1. The predicted octanol–water partition coefficient (Wildman–Crippen LogP) is 1.34. The van der Waals surface area contributed by atoms with Crippen molar-refractivity contribution in [1.29, 1.82) is 0 Å².